The highest BCUT2D eigenvalue weighted by molar-refractivity contribution is 5.78. The van der Waals surface area contributed by atoms with Crippen molar-refractivity contribution in [2.45, 2.75) is 57.5 Å². The van der Waals surface area contributed by atoms with E-state index in [1.54, 1.807) is 0 Å². The fourth-order valence-electron chi connectivity index (χ4n) is 2.92. The maximum Gasteiger partial charge on any atom is 0.222 e. The van der Waals surface area contributed by atoms with Gasteiger partial charge in [0, 0.05) is 37.5 Å². The van der Waals surface area contributed by atoms with E-state index in [4.69, 9.17) is 5.73 Å². The average molecular weight is 267 g/mol. The molecule has 2 rings (SSSR count). The molecule has 0 aliphatic carbocycles. The van der Waals surface area contributed by atoms with E-state index in [0.717, 1.165) is 25.9 Å². The van der Waals surface area contributed by atoms with Crippen molar-refractivity contribution in [3.8, 4) is 0 Å². The highest BCUT2D eigenvalue weighted by Gasteiger charge is 2.35. The Bertz CT molecular complexity index is 362. The predicted molar refractivity (Wildman–Crippen MR) is 73.4 cm³/mol. The van der Waals surface area contributed by atoms with Crippen molar-refractivity contribution < 1.29 is 9.59 Å². The van der Waals surface area contributed by atoms with Gasteiger partial charge in [-0.1, -0.05) is 0 Å². The van der Waals surface area contributed by atoms with Gasteiger partial charge in [0.25, 0.3) is 0 Å². The zero-order chi connectivity index (χ0) is 14.0. The third kappa shape index (κ3) is 3.93. The van der Waals surface area contributed by atoms with E-state index >= 15 is 0 Å². The van der Waals surface area contributed by atoms with Crippen molar-refractivity contribution in [3.05, 3.63) is 0 Å². The molecule has 3 N–H and O–H groups in total. The molecule has 0 aromatic carbocycles. The SMILES string of the molecule is CC(C)(N)CCC(=O)N1CCC2NC(=O)CCC2C1. The lowest BCUT2D eigenvalue weighted by molar-refractivity contribution is -0.135. The summed E-state index contributed by atoms with van der Waals surface area (Å²) in [6.07, 6.45) is 3.62. The van der Waals surface area contributed by atoms with Crippen LogP contribution in [0.15, 0.2) is 0 Å². The van der Waals surface area contributed by atoms with Crippen LogP contribution in [0.1, 0.15) is 46.0 Å². The third-order valence-electron chi connectivity index (χ3n) is 4.16. The second-order valence-corrected chi connectivity index (χ2v) is 6.59. The molecular formula is C14H25N3O2. The molecule has 19 heavy (non-hydrogen) atoms. The van der Waals surface area contributed by atoms with E-state index in [1.807, 2.05) is 18.7 Å². The number of carbonyl (C=O) groups is 2. The van der Waals surface area contributed by atoms with Gasteiger partial charge < -0.3 is 16.0 Å². The molecule has 2 amide bonds. The zero-order valence-electron chi connectivity index (χ0n) is 11.9. The summed E-state index contributed by atoms with van der Waals surface area (Å²) in [5.74, 6) is 0.793. The Balaban J connectivity index is 1.83. The molecule has 2 unspecified atom stereocenters. The van der Waals surface area contributed by atoms with Crippen LogP contribution in [-0.2, 0) is 9.59 Å². The van der Waals surface area contributed by atoms with Gasteiger partial charge in [-0.05, 0) is 39.0 Å². The minimum absolute atomic E-state index is 0.158. The first-order chi connectivity index (χ1) is 8.85. The summed E-state index contributed by atoms with van der Waals surface area (Å²) in [6, 6.07) is 0.274. The van der Waals surface area contributed by atoms with Gasteiger partial charge in [-0.2, -0.15) is 0 Å². The van der Waals surface area contributed by atoms with Gasteiger partial charge >= 0.3 is 0 Å². The number of fused-ring (bicyclic) bond motifs is 1. The minimum Gasteiger partial charge on any atom is -0.353 e. The summed E-state index contributed by atoms with van der Waals surface area (Å²) in [5, 5.41) is 3.04. The zero-order valence-corrected chi connectivity index (χ0v) is 11.9. The fourth-order valence-corrected chi connectivity index (χ4v) is 2.92. The van der Waals surface area contributed by atoms with Crippen LogP contribution in [0.2, 0.25) is 0 Å². The molecule has 0 aromatic rings. The van der Waals surface area contributed by atoms with Gasteiger partial charge in [0.2, 0.25) is 11.8 Å². The normalized spacial score (nSPS) is 27.7. The molecule has 0 radical (unpaired) electrons. The van der Waals surface area contributed by atoms with Crippen molar-refractivity contribution in [1.29, 1.82) is 0 Å². The number of amides is 2. The summed E-state index contributed by atoms with van der Waals surface area (Å²) in [4.78, 5) is 25.5. The lowest BCUT2D eigenvalue weighted by atomic mass is 9.85. The number of nitrogens with zero attached hydrogens (tertiary/aromatic N) is 1. The first-order valence-electron chi connectivity index (χ1n) is 7.21. The first kappa shape index (κ1) is 14.3. The van der Waals surface area contributed by atoms with Gasteiger partial charge in [-0.15, -0.1) is 0 Å². The molecular weight excluding hydrogens is 242 g/mol. The van der Waals surface area contributed by atoms with Crippen molar-refractivity contribution in [1.82, 2.24) is 10.2 Å². The number of piperidine rings is 2. The van der Waals surface area contributed by atoms with E-state index in [9.17, 15) is 9.59 Å². The summed E-state index contributed by atoms with van der Waals surface area (Å²) in [6.45, 7) is 5.44. The molecule has 0 bridgehead atoms. The lowest BCUT2D eigenvalue weighted by Gasteiger charge is -2.41. The summed E-state index contributed by atoms with van der Waals surface area (Å²) in [7, 11) is 0. The van der Waals surface area contributed by atoms with Gasteiger partial charge in [0.1, 0.15) is 0 Å². The predicted octanol–water partition coefficient (Wildman–Crippen LogP) is 0.631. The van der Waals surface area contributed by atoms with Crippen molar-refractivity contribution in [2.24, 2.45) is 11.7 Å². The second kappa shape index (κ2) is 5.49. The molecule has 0 aromatic heterocycles. The number of hydrogen-bond donors (Lipinski definition) is 2. The van der Waals surface area contributed by atoms with Gasteiger partial charge in [0.05, 0.1) is 0 Å². The highest BCUT2D eigenvalue weighted by atomic mass is 16.2. The van der Waals surface area contributed by atoms with E-state index in [-0.39, 0.29) is 23.4 Å². The highest BCUT2D eigenvalue weighted by Crippen LogP contribution is 2.26. The van der Waals surface area contributed by atoms with E-state index in [0.29, 0.717) is 25.2 Å². The standard InChI is InChI=1S/C14H25N3O2/c1-14(2,15)7-5-13(19)17-8-6-11-10(9-17)3-4-12(18)16-11/h10-11H,3-9,15H2,1-2H3,(H,16,18). The molecule has 2 saturated heterocycles. The number of hydrogen-bond acceptors (Lipinski definition) is 3. The number of rotatable bonds is 3. The fraction of sp³-hybridized carbons (Fsp3) is 0.857. The molecule has 0 saturated carbocycles. The smallest absolute Gasteiger partial charge is 0.222 e. The summed E-state index contributed by atoms with van der Waals surface area (Å²) < 4.78 is 0. The van der Waals surface area contributed by atoms with Crippen LogP contribution in [0, 0.1) is 5.92 Å². The van der Waals surface area contributed by atoms with Crippen molar-refractivity contribution in [3.63, 3.8) is 0 Å². The number of likely N-dealkylation sites (tertiary alicyclic amines) is 1. The molecule has 5 nitrogen and oxygen atoms in total. The van der Waals surface area contributed by atoms with Crippen LogP contribution in [0.25, 0.3) is 0 Å². The van der Waals surface area contributed by atoms with Crippen LogP contribution < -0.4 is 11.1 Å². The minimum atomic E-state index is -0.285. The Labute approximate surface area is 114 Å². The van der Waals surface area contributed by atoms with Crippen molar-refractivity contribution >= 4 is 11.8 Å². The molecule has 2 aliphatic heterocycles. The summed E-state index contributed by atoms with van der Waals surface area (Å²) in [5.41, 5.74) is 5.63. The third-order valence-corrected chi connectivity index (χ3v) is 4.16. The monoisotopic (exact) mass is 267 g/mol. The largest absolute Gasteiger partial charge is 0.353 e. The van der Waals surface area contributed by atoms with Gasteiger partial charge in [-0.25, -0.2) is 0 Å². The Hall–Kier alpha value is -1.10. The average Bonchev–Trinajstić information content (AvgIpc) is 2.34. The van der Waals surface area contributed by atoms with Crippen LogP contribution in [0.4, 0.5) is 0 Å². The van der Waals surface area contributed by atoms with Crippen LogP contribution in [0.5, 0.6) is 0 Å². The maximum absolute atomic E-state index is 12.2. The first-order valence-corrected chi connectivity index (χ1v) is 7.21. The maximum atomic E-state index is 12.2. The Morgan fingerprint density at radius 3 is 2.89 bits per heavy atom. The Morgan fingerprint density at radius 2 is 2.21 bits per heavy atom. The Morgan fingerprint density at radius 1 is 1.47 bits per heavy atom. The Kier molecular flexibility index (Phi) is 4.13. The molecule has 2 heterocycles. The van der Waals surface area contributed by atoms with Gasteiger partial charge in [0.15, 0.2) is 0 Å². The van der Waals surface area contributed by atoms with Crippen LogP contribution in [-0.4, -0.2) is 41.4 Å². The number of nitrogens with one attached hydrogen (secondary N) is 1. The molecule has 2 fully saturated rings. The topological polar surface area (TPSA) is 75.4 Å². The number of nitrogens with two attached hydrogens (primary N) is 1. The molecule has 0 spiro atoms. The van der Waals surface area contributed by atoms with E-state index in [2.05, 4.69) is 5.32 Å². The van der Waals surface area contributed by atoms with E-state index in [1.165, 1.54) is 0 Å². The van der Waals surface area contributed by atoms with Crippen molar-refractivity contribution in [2.75, 3.05) is 13.1 Å². The lowest BCUT2D eigenvalue weighted by Crippen LogP contribution is -2.55. The van der Waals surface area contributed by atoms with Gasteiger partial charge in [-0.3, -0.25) is 9.59 Å². The summed E-state index contributed by atoms with van der Waals surface area (Å²) >= 11 is 0. The quantitative estimate of drug-likeness (QED) is 0.787. The second-order valence-electron chi connectivity index (χ2n) is 6.59. The molecule has 5 heteroatoms. The molecule has 2 aliphatic rings. The van der Waals surface area contributed by atoms with Crippen LogP contribution >= 0.6 is 0 Å². The molecule has 108 valence electrons. The van der Waals surface area contributed by atoms with E-state index < -0.39 is 0 Å². The van der Waals surface area contributed by atoms with Crippen LogP contribution in [0.3, 0.4) is 0 Å². The number of carbonyl (C=O) groups excluding carboxylic acids is 2. The molecule has 2 atom stereocenters.